The highest BCUT2D eigenvalue weighted by Gasteiger charge is 2.40. The van der Waals surface area contributed by atoms with Crippen LogP contribution in [0.2, 0.25) is 10.0 Å². The maximum atomic E-state index is 13.6. The van der Waals surface area contributed by atoms with Crippen LogP contribution in [0.1, 0.15) is 62.3 Å². The second kappa shape index (κ2) is 21.3. The van der Waals surface area contributed by atoms with E-state index in [4.69, 9.17) is 37.4 Å². The molecule has 0 aliphatic carbocycles. The fraction of sp³-hybridized carbons (Fsp3) is 0.386. The number of esters is 3. The van der Waals surface area contributed by atoms with Crippen molar-refractivity contribution in [1.82, 2.24) is 9.03 Å². The minimum Gasteiger partial charge on any atom is -0.459 e. The molecule has 4 aromatic carbocycles. The Bertz CT molecular complexity index is 2360. The van der Waals surface area contributed by atoms with Gasteiger partial charge in [-0.25, -0.2) is 16.8 Å². The van der Waals surface area contributed by atoms with E-state index in [0.29, 0.717) is 14.4 Å². The topological polar surface area (TPSA) is 203 Å². The van der Waals surface area contributed by atoms with Gasteiger partial charge in [0.25, 0.3) is 0 Å². The molecule has 0 fully saturated rings. The van der Waals surface area contributed by atoms with Gasteiger partial charge in [-0.15, -0.1) is 0 Å². The molecule has 338 valence electrons. The van der Waals surface area contributed by atoms with E-state index in [-0.39, 0.29) is 9.79 Å². The minimum absolute atomic E-state index is 0.0257. The van der Waals surface area contributed by atoms with Crippen molar-refractivity contribution in [3.05, 3.63) is 107 Å². The summed E-state index contributed by atoms with van der Waals surface area (Å²) >= 11 is 11.8. The molecule has 0 spiro atoms. The van der Waals surface area contributed by atoms with E-state index in [1.54, 1.807) is 123 Å². The van der Waals surface area contributed by atoms with Crippen molar-refractivity contribution in [3.63, 3.8) is 0 Å². The van der Waals surface area contributed by atoms with Gasteiger partial charge in [0.05, 0.1) is 23.0 Å². The predicted molar refractivity (Wildman–Crippen MR) is 237 cm³/mol. The van der Waals surface area contributed by atoms with Crippen molar-refractivity contribution < 1.29 is 55.6 Å². The fourth-order valence-electron chi connectivity index (χ4n) is 5.37. The number of carbonyl (C=O) groups excluding carboxylic acids is 3. The average Bonchev–Trinajstić information content (AvgIpc) is 3.16. The molecule has 62 heavy (non-hydrogen) atoms. The monoisotopic (exact) mass is 936 g/mol. The number of sulfonamides is 2. The fourth-order valence-corrected chi connectivity index (χ4v) is 8.31. The first-order valence-corrected chi connectivity index (χ1v) is 22.9. The van der Waals surface area contributed by atoms with Gasteiger partial charge in [0.1, 0.15) is 35.4 Å². The lowest BCUT2D eigenvalue weighted by Gasteiger charge is -2.31. The van der Waals surface area contributed by atoms with Crippen molar-refractivity contribution in [1.29, 1.82) is 0 Å². The molecule has 0 aliphatic rings. The Labute approximate surface area is 374 Å². The van der Waals surface area contributed by atoms with Crippen molar-refractivity contribution in [3.8, 4) is 22.3 Å². The van der Waals surface area contributed by atoms with Crippen LogP contribution in [0.3, 0.4) is 0 Å². The minimum atomic E-state index is -4.42. The number of aliphatic hydroxyl groups excluding tert-OH is 2. The van der Waals surface area contributed by atoms with Gasteiger partial charge in [-0.1, -0.05) is 71.7 Å². The third kappa shape index (κ3) is 16.1. The molecule has 0 radical (unpaired) electrons. The third-order valence-corrected chi connectivity index (χ3v) is 11.9. The molecule has 14 nitrogen and oxygen atoms in total. The highest BCUT2D eigenvalue weighted by molar-refractivity contribution is 7.89. The Balaban J connectivity index is 0.000000341. The molecule has 4 aromatic rings. The van der Waals surface area contributed by atoms with Gasteiger partial charge >= 0.3 is 17.9 Å². The maximum Gasteiger partial charge on any atom is 0.327 e. The van der Waals surface area contributed by atoms with Crippen molar-refractivity contribution in [2.45, 2.75) is 101 Å². The third-order valence-electron chi connectivity index (χ3n) is 8.06. The van der Waals surface area contributed by atoms with Crippen LogP contribution < -0.4 is 4.72 Å². The normalized spacial score (nSPS) is 13.3. The smallest absolute Gasteiger partial charge is 0.327 e. The van der Waals surface area contributed by atoms with E-state index in [1.165, 1.54) is 24.3 Å². The molecular weight excluding hydrogens is 884 g/mol. The first-order valence-electron chi connectivity index (χ1n) is 19.2. The van der Waals surface area contributed by atoms with E-state index >= 15 is 0 Å². The van der Waals surface area contributed by atoms with E-state index in [1.807, 2.05) is 12.1 Å². The predicted octanol–water partition coefficient (Wildman–Crippen LogP) is 7.03. The number of rotatable bonds is 14. The summed E-state index contributed by atoms with van der Waals surface area (Å²) in [6, 6.07) is 23.2. The Kier molecular flexibility index (Phi) is 17.9. The number of carbonyl (C=O) groups is 3. The van der Waals surface area contributed by atoms with E-state index in [2.05, 4.69) is 4.72 Å². The molecule has 0 saturated heterocycles. The van der Waals surface area contributed by atoms with Gasteiger partial charge in [0.2, 0.25) is 20.0 Å². The molecule has 0 aliphatic heterocycles. The summed E-state index contributed by atoms with van der Waals surface area (Å²) in [7, 11) is -8.43. The number of ether oxygens (including phenoxy) is 3. The lowest BCUT2D eigenvalue weighted by atomic mass is 10.1. The molecule has 3 N–H and O–H groups in total. The number of benzene rings is 4. The highest BCUT2D eigenvalue weighted by Crippen LogP contribution is 2.27. The standard InChI is InChI=1S/C25H32ClNO7S.C19H22ClNO5S/c1-24(2,3)33-22(29)15-27(21(16-28)23(30)34-25(4,5)6)35(31,32)20-13-9-18(10-14-20)17-7-11-19(26)12-8-17;1-19(2,3)26-18(23)17(12-22)21-27(24,25)16-10-6-14(7-11-16)13-4-8-15(20)9-5-13/h7-14,21,28H,15-16H2,1-6H3;4-11,17,21-22H,12H2,1-3H3/t21-;17-/m00/s1. The highest BCUT2D eigenvalue weighted by atomic mass is 35.5. The van der Waals surface area contributed by atoms with Crippen molar-refractivity contribution in [2.75, 3.05) is 19.8 Å². The van der Waals surface area contributed by atoms with Gasteiger partial charge < -0.3 is 24.4 Å². The van der Waals surface area contributed by atoms with Crippen molar-refractivity contribution >= 4 is 61.2 Å². The Hall–Kier alpha value is -4.39. The number of halogens is 2. The summed E-state index contributed by atoms with van der Waals surface area (Å²) in [5.41, 5.74) is 0.654. The Morgan fingerprint density at radius 3 is 1.27 bits per heavy atom. The summed E-state index contributed by atoms with van der Waals surface area (Å²) in [6.07, 6.45) is 0. The van der Waals surface area contributed by atoms with Gasteiger partial charge in [0.15, 0.2) is 0 Å². The molecule has 0 unspecified atom stereocenters. The zero-order chi connectivity index (χ0) is 46.8. The first-order chi connectivity index (χ1) is 28.5. The van der Waals surface area contributed by atoms with E-state index in [9.17, 15) is 41.4 Å². The molecule has 0 aromatic heterocycles. The first kappa shape index (κ1) is 52.0. The van der Waals surface area contributed by atoms with Crippen LogP contribution in [-0.2, 0) is 48.6 Å². The van der Waals surface area contributed by atoms with Gasteiger partial charge in [-0.2, -0.15) is 9.03 Å². The number of nitrogens with one attached hydrogen (secondary N) is 1. The quantitative estimate of drug-likeness (QED) is 0.0862. The van der Waals surface area contributed by atoms with Gasteiger partial charge in [0, 0.05) is 10.0 Å². The second-order valence-corrected chi connectivity index (χ2v) is 21.3. The van der Waals surface area contributed by atoms with Crippen LogP contribution in [0.4, 0.5) is 0 Å². The molecule has 18 heteroatoms. The summed E-state index contributed by atoms with van der Waals surface area (Å²) < 4.78 is 70.7. The van der Waals surface area contributed by atoms with E-state index < -0.39 is 86.6 Å². The molecule has 0 amide bonds. The van der Waals surface area contributed by atoms with Crippen LogP contribution in [0.5, 0.6) is 0 Å². The summed E-state index contributed by atoms with van der Waals surface area (Å²) in [4.78, 5) is 37.2. The second-order valence-electron chi connectivity index (χ2n) is 16.8. The largest absolute Gasteiger partial charge is 0.459 e. The lowest BCUT2D eigenvalue weighted by molar-refractivity contribution is -0.163. The van der Waals surface area contributed by atoms with Crippen LogP contribution in [-0.4, -0.2) is 97.9 Å². The van der Waals surface area contributed by atoms with Crippen molar-refractivity contribution in [2.24, 2.45) is 0 Å². The number of aliphatic hydroxyl groups is 2. The maximum absolute atomic E-state index is 13.6. The number of hydrogen-bond acceptors (Lipinski definition) is 12. The van der Waals surface area contributed by atoms with Crippen LogP contribution >= 0.6 is 23.2 Å². The molecule has 2 atom stereocenters. The molecule has 0 heterocycles. The molecule has 0 saturated carbocycles. The van der Waals surface area contributed by atoms with Crippen LogP contribution in [0.25, 0.3) is 22.3 Å². The Morgan fingerprint density at radius 1 is 0.565 bits per heavy atom. The van der Waals surface area contributed by atoms with Gasteiger partial charge in [-0.3, -0.25) is 14.4 Å². The summed E-state index contributed by atoms with van der Waals surface area (Å²) in [5, 5.41) is 20.5. The summed E-state index contributed by atoms with van der Waals surface area (Å²) in [5.74, 6) is -2.70. The number of hydrogen-bond donors (Lipinski definition) is 3. The van der Waals surface area contributed by atoms with Crippen LogP contribution in [0.15, 0.2) is 107 Å². The van der Waals surface area contributed by atoms with Gasteiger partial charge in [-0.05, 0) is 133 Å². The van der Waals surface area contributed by atoms with E-state index in [0.717, 1.165) is 22.3 Å². The molecule has 0 bridgehead atoms. The van der Waals surface area contributed by atoms with Crippen LogP contribution in [0, 0.1) is 0 Å². The molecule has 4 rings (SSSR count). The average molecular weight is 938 g/mol. The summed E-state index contributed by atoms with van der Waals surface area (Å²) in [6.45, 7) is 12.3. The SMILES string of the molecule is CC(C)(C)OC(=O)CN([C@@H](CO)C(=O)OC(C)(C)C)S(=O)(=O)c1ccc(-c2ccc(Cl)cc2)cc1.CC(C)(C)OC(=O)[C@H](CO)NS(=O)(=O)c1ccc(-c2ccc(Cl)cc2)cc1. The number of nitrogens with zero attached hydrogens (tertiary/aromatic N) is 1. The lowest BCUT2D eigenvalue weighted by Crippen LogP contribution is -2.51. The molecular formula is C44H54Cl2N2O12S2. The zero-order valence-corrected chi connectivity index (χ0v) is 39.2. The zero-order valence-electron chi connectivity index (χ0n) is 36.0. The Morgan fingerprint density at radius 2 is 0.919 bits per heavy atom.